The van der Waals surface area contributed by atoms with E-state index in [0.717, 1.165) is 17.4 Å². The molecule has 2 heterocycles. The number of pyridine rings is 1. The molecule has 0 aliphatic rings. The van der Waals surface area contributed by atoms with Crippen molar-refractivity contribution < 1.29 is 17.9 Å². The van der Waals surface area contributed by atoms with Crippen LogP contribution in [0.5, 0.6) is 17.2 Å². The first-order valence-electron chi connectivity index (χ1n) is 10.1. The third-order valence-electron chi connectivity index (χ3n) is 4.57. The molecule has 35 heavy (non-hydrogen) atoms. The Bertz CT molecular complexity index is 1540. The third kappa shape index (κ3) is 6.08. The van der Waals surface area contributed by atoms with Gasteiger partial charge in [-0.05, 0) is 23.8 Å². The molecule has 0 amide bonds. The SMILES string of the molecule is CS(=O)(=O)Nc1cnc2cc(-c3ccc(Oc4cc(Cl)c(OCCCl)c(C#N)c4)cc3)cnc2n1. The molecule has 0 saturated carbocycles. The fourth-order valence-corrected chi connectivity index (χ4v) is 3.97. The van der Waals surface area contributed by atoms with E-state index in [1.54, 1.807) is 36.5 Å². The van der Waals surface area contributed by atoms with Gasteiger partial charge in [0.05, 0.1) is 28.9 Å². The van der Waals surface area contributed by atoms with Crippen LogP contribution in [0, 0.1) is 11.3 Å². The van der Waals surface area contributed by atoms with Crippen LogP contribution in [0.4, 0.5) is 5.82 Å². The Morgan fingerprint density at radius 1 is 1.06 bits per heavy atom. The average molecular weight is 530 g/mol. The number of nitriles is 1. The molecule has 0 bridgehead atoms. The largest absolute Gasteiger partial charge is 0.489 e. The molecule has 0 unspecified atom stereocenters. The highest BCUT2D eigenvalue weighted by molar-refractivity contribution is 7.92. The molecule has 0 saturated heterocycles. The quantitative estimate of drug-likeness (QED) is 0.316. The van der Waals surface area contributed by atoms with Crippen LogP contribution in [0.25, 0.3) is 22.3 Å². The predicted octanol–water partition coefficient (Wildman–Crippen LogP) is 5.00. The number of halogens is 2. The molecule has 4 aromatic rings. The van der Waals surface area contributed by atoms with Crippen LogP contribution in [-0.4, -0.2) is 42.1 Å². The van der Waals surface area contributed by atoms with Crippen molar-refractivity contribution in [2.75, 3.05) is 23.5 Å². The van der Waals surface area contributed by atoms with Crippen molar-refractivity contribution in [3.05, 3.63) is 65.4 Å². The van der Waals surface area contributed by atoms with E-state index in [1.807, 2.05) is 18.2 Å². The van der Waals surface area contributed by atoms with Gasteiger partial charge in [-0.15, -0.1) is 11.6 Å². The molecule has 0 spiro atoms. The van der Waals surface area contributed by atoms with Gasteiger partial charge in [0, 0.05) is 23.9 Å². The van der Waals surface area contributed by atoms with Crippen LogP contribution in [0.1, 0.15) is 5.56 Å². The molecule has 0 aliphatic carbocycles. The molecule has 1 N–H and O–H groups in total. The molecule has 0 fully saturated rings. The smallest absolute Gasteiger partial charge is 0.231 e. The van der Waals surface area contributed by atoms with Gasteiger partial charge in [-0.3, -0.25) is 4.72 Å². The Balaban J connectivity index is 1.53. The molecule has 0 aliphatic heterocycles. The van der Waals surface area contributed by atoms with E-state index in [4.69, 9.17) is 32.7 Å². The normalized spacial score (nSPS) is 11.1. The summed E-state index contributed by atoms with van der Waals surface area (Å²) < 4.78 is 36.3. The summed E-state index contributed by atoms with van der Waals surface area (Å²) in [6, 6.07) is 14.2. The van der Waals surface area contributed by atoms with E-state index in [0.29, 0.717) is 22.7 Å². The fraction of sp³-hybridized carbons (Fsp3) is 0.130. The Labute approximate surface area is 211 Å². The Hall–Kier alpha value is -3.65. The van der Waals surface area contributed by atoms with Crippen LogP contribution < -0.4 is 14.2 Å². The van der Waals surface area contributed by atoms with Gasteiger partial charge in [0.2, 0.25) is 10.0 Å². The summed E-state index contributed by atoms with van der Waals surface area (Å²) in [4.78, 5) is 12.7. The van der Waals surface area contributed by atoms with Gasteiger partial charge in [-0.1, -0.05) is 23.7 Å². The van der Waals surface area contributed by atoms with Gasteiger partial charge in [0.15, 0.2) is 17.2 Å². The highest BCUT2D eigenvalue weighted by Crippen LogP contribution is 2.35. The van der Waals surface area contributed by atoms with Crippen molar-refractivity contribution in [3.8, 4) is 34.4 Å². The number of sulfonamides is 1. The molecule has 2 aromatic heterocycles. The zero-order chi connectivity index (χ0) is 25.0. The lowest BCUT2D eigenvalue weighted by molar-refractivity contribution is 0.341. The Morgan fingerprint density at radius 2 is 1.83 bits per heavy atom. The lowest BCUT2D eigenvalue weighted by atomic mass is 10.1. The minimum Gasteiger partial charge on any atom is -0.489 e. The van der Waals surface area contributed by atoms with E-state index in [2.05, 4.69) is 19.7 Å². The van der Waals surface area contributed by atoms with Crippen LogP contribution in [-0.2, 0) is 10.0 Å². The van der Waals surface area contributed by atoms with Gasteiger partial charge in [0.1, 0.15) is 29.7 Å². The topological polar surface area (TPSA) is 127 Å². The molecule has 4 rings (SSSR count). The van der Waals surface area contributed by atoms with Crippen LogP contribution in [0.15, 0.2) is 54.9 Å². The monoisotopic (exact) mass is 529 g/mol. The number of alkyl halides is 1. The number of aromatic nitrogens is 3. The summed E-state index contributed by atoms with van der Waals surface area (Å²) in [6.07, 6.45) is 3.99. The Morgan fingerprint density at radius 3 is 2.51 bits per heavy atom. The number of rotatable bonds is 8. The number of benzene rings is 2. The van der Waals surface area contributed by atoms with Crippen molar-refractivity contribution in [3.63, 3.8) is 0 Å². The lowest BCUT2D eigenvalue weighted by Gasteiger charge is -2.12. The standard InChI is InChI=1S/C23H17Cl2N5O4S/c1-35(31,32)30-21-13-27-20-9-16(12-28-23(20)29-21)14-2-4-17(5-3-14)34-18-8-15(11-26)22(19(25)10-18)33-7-6-24/h2-5,8-10,12-13H,6-7H2,1H3,(H,28,29,30). The molecule has 178 valence electrons. The van der Waals surface area contributed by atoms with Crippen molar-refractivity contribution in [1.82, 2.24) is 15.0 Å². The molecule has 0 radical (unpaired) electrons. The zero-order valence-electron chi connectivity index (χ0n) is 18.2. The first-order valence-corrected chi connectivity index (χ1v) is 12.9. The van der Waals surface area contributed by atoms with Crippen molar-refractivity contribution in [2.24, 2.45) is 0 Å². The molecule has 2 aromatic carbocycles. The van der Waals surface area contributed by atoms with Crippen LogP contribution in [0.3, 0.4) is 0 Å². The average Bonchev–Trinajstić information content (AvgIpc) is 2.82. The van der Waals surface area contributed by atoms with E-state index in [-0.39, 0.29) is 34.6 Å². The van der Waals surface area contributed by atoms with Crippen LogP contribution >= 0.6 is 23.2 Å². The molecule has 0 atom stereocenters. The summed E-state index contributed by atoms with van der Waals surface area (Å²) in [6.45, 7) is 0.228. The van der Waals surface area contributed by atoms with Crippen molar-refractivity contribution in [2.45, 2.75) is 0 Å². The van der Waals surface area contributed by atoms with Gasteiger partial charge >= 0.3 is 0 Å². The maximum absolute atomic E-state index is 11.4. The second-order valence-corrected chi connectivity index (χ2v) is 9.79. The number of nitrogens with zero attached hydrogens (tertiary/aromatic N) is 4. The number of ether oxygens (including phenoxy) is 2. The summed E-state index contributed by atoms with van der Waals surface area (Å²) in [7, 11) is -3.46. The molecular formula is C23H17Cl2N5O4S. The van der Waals surface area contributed by atoms with Crippen LogP contribution in [0.2, 0.25) is 5.02 Å². The summed E-state index contributed by atoms with van der Waals surface area (Å²) in [5.41, 5.74) is 2.71. The summed E-state index contributed by atoms with van der Waals surface area (Å²) in [5, 5.41) is 9.66. The second kappa shape index (κ2) is 10.3. The minimum absolute atomic E-state index is 0.0973. The van der Waals surface area contributed by atoms with E-state index >= 15 is 0 Å². The fourth-order valence-electron chi connectivity index (χ4n) is 3.15. The number of fused-ring (bicyclic) bond motifs is 1. The first kappa shape index (κ1) is 24.5. The number of hydrogen-bond donors (Lipinski definition) is 1. The highest BCUT2D eigenvalue weighted by atomic mass is 35.5. The molecule has 9 nitrogen and oxygen atoms in total. The number of nitrogens with one attached hydrogen (secondary N) is 1. The summed E-state index contributed by atoms with van der Waals surface area (Å²) >= 11 is 11.9. The van der Waals surface area contributed by atoms with Gasteiger partial charge in [0.25, 0.3) is 0 Å². The third-order valence-corrected chi connectivity index (χ3v) is 5.59. The zero-order valence-corrected chi connectivity index (χ0v) is 20.5. The van der Waals surface area contributed by atoms with Gasteiger partial charge in [-0.25, -0.2) is 23.4 Å². The van der Waals surface area contributed by atoms with Crippen molar-refractivity contribution in [1.29, 1.82) is 5.26 Å². The maximum atomic E-state index is 11.4. The molecular weight excluding hydrogens is 513 g/mol. The van der Waals surface area contributed by atoms with E-state index in [1.165, 1.54) is 6.20 Å². The number of hydrogen-bond acceptors (Lipinski definition) is 8. The highest BCUT2D eigenvalue weighted by Gasteiger charge is 2.13. The maximum Gasteiger partial charge on any atom is 0.231 e. The molecule has 12 heteroatoms. The lowest BCUT2D eigenvalue weighted by Crippen LogP contribution is -2.11. The Kier molecular flexibility index (Phi) is 7.21. The van der Waals surface area contributed by atoms with E-state index in [9.17, 15) is 13.7 Å². The van der Waals surface area contributed by atoms with Gasteiger partial charge < -0.3 is 9.47 Å². The van der Waals surface area contributed by atoms with Gasteiger partial charge in [-0.2, -0.15) is 5.26 Å². The summed E-state index contributed by atoms with van der Waals surface area (Å²) in [5.74, 6) is 1.56. The number of anilines is 1. The van der Waals surface area contributed by atoms with E-state index < -0.39 is 10.0 Å². The predicted molar refractivity (Wildman–Crippen MR) is 134 cm³/mol. The first-order chi connectivity index (χ1) is 16.8. The second-order valence-electron chi connectivity index (χ2n) is 7.25. The van der Waals surface area contributed by atoms with Crippen molar-refractivity contribution >= 4 is 50.2 Å². The minimum atomic E-state index is -3.46.